The maximum atomic E-state index is 13.2. The number of imidazole rings is 1. The second-order valence-electron chi connectivity index (χ2n) is 9.97. The van der Waals surface area contributed by atoms with Crippen molar-refractivity contribution in [2.75, 3.05) is 19.7 Å². The molecule has 2 fully saturated rings. The average Bonchev–Trinajstić information content (AvgIpc) is 3.36. The Morgan fingerprint density at radius 2 is 1.97 bits per heavy atom. The summed E-state index contributed by atoms with van der Waals surface area (Å²) in [5.41, 5.74) is 1.01. The lowest BCUT2D eigenvalue weighted by Gasteiger charge is -2.22. The zero-order valence-corrected chi connectivity index (χ0v) is 21.5. The summed E-state index contributed by atoms with van der Waals surface area (Å²) in [6, 6.07) is 4.79. The molecular formula is C26H37ClN4O5. The third-order valence-corrected chi connectivity index (χ3v) is 7.54. The molecule has 0 radical (unpaired) electrons. The van der Waals surface area contributed by atoms with Gasteiger partial charge in [-0.05, 0) is 50.9 Å². The molecule has 1 saturated carbocycles. The lowest BCUT2D eigenvalue weighted by molar-refractivity contribution is -0.00739. The van der Waals surface area contributed by atoms with Crippen molar-refractivity contribution in [3.63, 3.8) is 0 Å². The Bertz CT molecular complexity index is 1090. The quantitative estimate of drug-likeness (QED) is 0.298. The first-order valence-electron chi connectivity index (χ1n) is 12.9. The molecule has 1 aliphatic heterocycles. The van der Waals surface area contributed by atoms with Gasteiger partial charge >= 0.3 is 5.69 Å². The van der Waals surface area contributed by atoms with Crippen LogP contribution >= 0.6 is 11.6 Å². The van der Waals surface area contributed by atoms with E-state index in [1.807, 2.05) is 0 Å². The first-order chi connectivity index (χ1) is 17.3. The second kappa shape index (κ2) is 12.4. The molecule has 2 heterocycles. The number of amides is 1. The number of benzene rings is 1. The Kier molecular flexibility index (Phi) is 9.25. The van der Waals surface area contributed by atoms with Crippen LogP contribution in [0.1, 0.15) is 61.0 Å². The number of nitrogens with zero attached hydrogens (tertiary/aromatic N) is 2. The first-order valence-corrected chi connectivity index (χ1v) is 13.3. The predicted octanol–water partition coefficient (Wildman–Crippen LogP) is 2.36. The molecule has 0 bridgehead atoms. The van der Waals surface area contributed by atoms with E-state index in [1.165, 1.54) is 9.13 Å². The molecule has 9 nitrogen and oxygen atoms in total. The zero-order valence-electron chi connectivity index (χ0n) is 20.8. The van der Waals surface area contributed by atoms with Gasteiger partial charge in [0.1, 0.15) is 6.23 Å². The van der Waals surface area contributed by atoms with Crippen molar-refractivity contribution in [2.45, 2.75) is 76.9 Å². The minimum atomic E-state index is -0.940. The molecular weight excluding hydrogens is 484 g/mol. The molecule has 3 unspecified atom stereocenters. The van der Waals surface area contributed by atoms with Crippen molar-refractivity contribution in [2.24, 2.45) is 5.92 Å². The topological polar surface area (TPSA) is 118 Å². The highest BCUT2D eigenvalue weighted by atomic mass is 35.5. The Morgan fingerprint density at radius 3 is 2.67 bits per heavy atom. The number of aliphatic hydroxyl groups is 2. The monoisotopic (exact) mass is 520 g/mol. The third kappa shape index (κ3) is 6.58. The summed E-state index contributed by atoms with van der Waals surface area (Å²) >= 11 is 6.32. The fourth-order valence-electron chi connectivity index (χ4n) is 5.07. The molecule has 36 heavy (non-hydrogen) atoms. The van der Waals surface area contributed by atoms with Crippen LogP contribution in [0.4, 0.5) is 0 Å². The Hall–Kier alpha value is -2.17. The van der Waals surface area contributed by atoms with E-state index in [0.717, 1.165) is 58.0 Å². The van der Waals surface area contributed by atoms with Crippen LogP contribution in [0.25, 0.3) is 5.69 Å². The number of ether oxygens (including phenoxy) is 1. The van der Waals surface area contributed by atoms with E-state index in [9.17, 15) is 19.8 Å². The summed E-state index contributed by atoms with van der Waals surface area (Å²) in [6.07, 6.45) is 7.06. The van der Waals surface area contributed by atoms with Gasteiger partial charge in [-0.1, -0.05) is 37.3 Å². The van der Waals surface area contributed by atoms with E-state index in [4.69, 9.17) is 16.3 Å². The number of aliphatic hydroxyl groups excluding tert-OH is 2. The van der Waals surface area contributed by atoms with Gasteiger partial charge in [0.2, 0.25) is 0 Å². The molecule has 2 aliphatic rings. The van der Waals surface area contributed by atoms with Crippen LogP contribution in [0.3, 0.4) is 0 Å². The van der Waals surface area contributed by atoms with E-state index in [-0.39, 0.29) is 41.4 Å². The average molecular weight is 521 g/mol. The Labute approximate surface area is 216 Å². The second-order valence-corrected chi connectivity index (χ2v) is 10.4. The van der Waals surface area contributed by atoms with Gasteiger partial charge in [-0.15, -0.1) is 0 Å². The van der Waals surface area contributed by atoms with E-state index in [0.29, 0.717) is 11.4 Å². The minimum Gasteiger partial charge on any atom is -0.389 e. The molecule has 198 valence electrons. The summed E-state index contributed by atoms with van der Waals surface area (Å²) in [5.74, 6) is -0.449. The van der Waals surface area contributed by atoms with Crippen molar-refractivity contribution >= 4 is 17.5 Å². The minimum absolute atomic E-state index is 0.0260. The summed E-state index contributed by atoms with van der Waals surface area (Å²) in [6.45, 7) is 3.72. The van der Waals surface area contributed by atoms with Gasteiger partial charge < -0.3 is 25.6 Å². The molecule has 1 aromatic heterocycles. The summed E-state index contributed by atoms with van der Waals surface area (Å²) < 4.78 is 8.65. The van der Waals surface area contributed by atoms with Crippen molar-refractivity contribution in [3.05, 3.63) is 51.2 Å². The van der Waals surface area contributed by atoms with Gasteiger partial charge in [0.05, 0.1) is 41.6 Å². The van der Waals surface area contributed by atoms with Gasteiger partial charge in [0, 0.05) is 24.4 Å². The SMILES string of the molecule is Cc1cn(-c2ccc(Cl)c(C(=O)NC(O)C3CCCCCC3)c2)c(=O)n1CC(O)COC1CCNC1. The lowest BCUT2D eigenvalue weighted by Crippen LogP contribution is -2.40. The number of nitrogens with one attached hydrogen (secondary N) is 2. The highest BCUT2D eigenvalue weighted by Gasteiger charge is 2.24. The summed E-state index contributed by atoms with van der Waals surface area (Å²) in [7, 11) is 0. The number of carbonyl (C=O) groups is 1. The predicted molar refractivity (Wildman–Crippen MR) is 138 cm³/mol. The van der Waals surface area contributed by atoms with Crippen LogP contribution < -0.4 is 16.3 Å². The van der Waals surface area contributed by atoms with Crippen molar-refractivity contribution in [3.8, 4) is 5.69 Å². The highest BCUT2D eigenvalue weighted by molar-refractivity contribution is 6.33. The van der Waals surface area contributed by atoms with E-state index in [2.05, 4.69) is 10.6 Å². The lowest BCUT2D eigenvalue weighted by atomic mass is 9.98. The van der Waals surface area contributed by atoms with Crippen LogP contribution in [0.5, 0.6) is 0 Å². The fourth-order valence-corrected chi connectivity index (χ4v) is 5.28. The number of halogens is 1. The Morgan fingerprint density at radius 1 is 1.22 bits per heavy atom. The highest BCUT2D eigenvalue weighted by Crippen LogP contribution is 2.26. The van der Waals surface area contributed by atoms with E-state index in [1.54, 1.807) is 31.3 Å². The van der Waals surface area contributed by atoms with Gasteiger partial charge in [-0.25, -0.2) is 4.79 Å². The zero-order chi connectivity index (χ0) is 25.7. The third-order valence-electron chi connectivity index (χ3n) is 7.21. The number of carbonyl (C=O) groups excluding carboxylic acids is 1. The summed E-state index contributed by atoms with van der Waals surface area (Å²) in [4.78, 5) is 26.1. The maximum absolute atomic E-state index is 13.2. The van der Waals surface area contributed by atoms with Crippen molar-refractivity contribution in [1.29, 1.82) is 0 Å². The van der Waals surface area contributed by atoms with Crippen LogP contribution in [0.2, 0.25) is 5.02 Å². The van der Waals surface area contributed by atoms with Gasteiger partial charge in [-0.3, -0.25) is 13.9 Å². The van der Waals surface area contributed by atoms with Gasteiger partial charge in [0.25, 0.3) is 5.91 Å². The van der Waals surface area contributed by atoms with Gasteiger partial charge in [0.15, 0.2) is 0 Å². The van der Waals surface area contributed by atoms with Crippen LogP contribution in [-0.2, 0) is 11.3 Å². The van der Waals surface area contributed by atoms with Crippen LogP contribution in [0, 0.1) is 12.8 Å². The summed E-state index contributed by atoms with van der Waals surface area (Å²) in [5, 5.41) is 27.2. The molecule has 3 atom stereocenters. The molecule has 1 aliphatic carbocycles. The number of aryl methyl sites for hydroxylation is 1. The maximum Gasteiger partial charge on any atom is 0.333 e. The molecule has 10 heteroatoms. The normalized spacial score (nSPS) is 20.7. The molecule has 1 aromatic carbocycles. The molecule has 1 amide bonds. The van der Waals surface area contributed by atoms with Crippen LogP contribution in [0.15, 0.2) is 29.2 Å². The molecule has 4 N–H and O–H groups in total. The largest absolute Gasteiger partial charge is 0.389 e. The Balaban J connectivity index is 1.46. The van der Waals surface area contributed by atoms with Crippen molar-refractivity contribution < 1.29 is 19.7 Å². The smallest absolute Gasteiger partial charge is 0.333 e. The number of hydrogen-bond donors (Lipinski definition) is 4. The molecule has 0 spiro atoms. The van der Waals surface area contributed by atoms with Crippen molar-refractivity contribution in [1.82, 2.24) is 19.8 Å². The number of rotatable bonds is 9. The van der Waals surface area contributed by atoms with Gasteiger partial charge in [-0.2, -0.15) is 0 Å². The van der Waals surface area contributed by atoms with Crippen LogP contribution in [-0.4, -0.2) is 63.4 Å². The number of hydrogen-bond acceptors (Lipinski definition) is 6. The molecule has 1 saturated heterocycles. The van der Waals surface area contributed by atoms with E-state index < -0.39 is 18.2 Å². The first kappa shape index (κ1) is 26.9. The fraction of sp³-hybridized carbons (Fsp3) is 0.615. The molecule has 4 rings (SSSR count). The number of aromatic nitrogens is 2. The molecule has 2 aromatic rings. The van der Waals surface area contributed by atoms with E-state index >= 15 is 0 Å². The standard InChI is InChI=1S/C26H37ClN4O5/c1-17-14-31(26(35)30(17)15-20(32)16-36-21-10-11-28-13-21)19-8-9-23(27)22(12-19)25(34)29-24(33)18-6-4-2-3-5-7-18/h8-9,12,14,18,20-21,24,28,32-33H,2-7,10-11,13,15-16H2,1H3,(H,29,34).